The Labute approximate surface area is 171 Å². The van der Waals surface area contributed by atoms with E-state index >= 15 is 0 Å². The number of imide groups is 1. The van der Waals surface area contributed by atoms with Gasteiger partial charge in [0.15, 0.2) is 0 Å². The van der Waals surface area contributed by atoms with Crippen molar-refractivity contribution < 1.29 is 28.3 Å². The van der Waals surface area contributed by atoms with Crippen LogP contribution in [0.2, 0.25) is 0 Å². The van der Waals surface area contributed by atoms with Crippen LogP contribution in [-0.2, 0) is 15.1 Å². The molecule has 30 heavy (non-hydrogen) atoms. The number of urea groups is 1. The molecule has 2 aromatic carbocycles. The average Bonchev–Trinajstić information content (AvgIpc) is 2.96. The molecule has 1 fully saturated rings. The number of halogens is 1. The van der Waals surface area contributed by atoms with Crippen LogP contribution in [0.25, 0.3) is 0 Å². The van der Waals surface area contributed by atoms with E-state index < -0.39 is 41.7 Å². The number of carbonyl (C=O) groups excluding carboxylic acids is 4. The third-order valence-electron chi connectivity index (χ3n) is 4.60. The van der Waals surface area contributed by atoms with Crippen LogP contribution in [0.1, 0.15) is 22.8 Å². The Bertz CT molecular complexity index is 1030. The summed E-state index contributed by atoms with van der Waals surface area (Å²) < 4.78 is 18.8. The molecule has 3 N–H and O–H groups in total. The predicted octanol–water partition coefficient (Wildman–Crippen LogP) is 1.06. The molecule has 0 radical (unpaired) electrons. The number of carbonyl (C=O) groups is 4. The number of benzene rings is 2. The molecule has 1 atom stereocenters. The van der Waals surface area contributed by atoms with E-state index in [1.807, 2.05) is 0 Å². The summed E-state index contributed by atoms with van der Waals surface area (Å²) in [5.74, 6) is -2.60. The lowest BCUT2D eigenvalue weighted by Gasteiger charge is -2.22. The van der Waals surface area contributed by atoms with Crippen molar-refractivity contribution in [2.45, 2.75) is 12.5 Å². The van der Waals surface area contributed by atoms with Gasteiger partial charge in [0.05, 0.1) is 19.2 Å². The number of rotatable bonds is 6. The third kappa shape index (κ3) is 3.93. The molecule has 3 rings (SSSR count). The third-order valence-corrected chi connectivity index (χ3v) is 4.60. The molecule has 1 heterocycles. The van der Waals surface area contributed by atoms with Crippen molar-refractivity contribution in [2.24, 2.45) is 0 Å². The number of hydrogen-bond acceptors (Lipinski definition) is 5. The highest BCUT2D eigenvalue weighted by Crippen LogP contribution is 2.30. The lowest BCUT2D eigenvalue weighted by atomic mass is 9.92. The van der Waals surface area contributed by atoms with Gasteiger partial charge in [-0.2, -0.15) is 5.01 Å². The molecule has 10 heteroatoms. The Balaban J connectivity index is 1.66. The second-order valence-corrected chi connectivity index (χ2v) is 6.63. The van der Waals surface area contributed by atoms with Gasteiger partial charge in [0.25, 0.3) is 17.7 Å². The molecule has 2 aromatic rings. The predicted molar refractivity (Wildman–Crippen MR) is 103 cm³/mol. The Morgan fingerprint density at radius 3 is 2.60 bits per heavy atom. The first-order valence-corrected chi connectivity index (χ1v) is 8.89. The van der Waals surface area contributed by atoms with Gasteiger partial charge in [-0.15, -0.1) is 0 Å². The van der Waals surface area contributed by atoms with Gasteiger partial charge < -0.3 is 15.4 Å². The Hall–Kier alpha value is -3.95. The van der Waals surface area contributed by atoms with E-state index in [0.29, 0.717) is 16.3 Å². The van der Waals surface area contributed by atoms with Crippen molar-refractivity contribution in [3.8, 4) is 5.75 Å². The van der Waals surface area contributed by atoms with Gasteiger partial charge >= 0.3 is 6.03 Å². The van der Waals surface area contributed by atoms with Crippen LogP contribution in [0.15, 0.2) is 48.5 Å². The van der Waals surface area contributed by atoms with Crippen molar-refractivity contribution >= 4 is 23.8 Å². The van der Waals surface area contributed by atoms with E-state index in [0.717, 1.165) is 6.07 Å². The number of hydrazine groups is 1. The Morgan fingerprint density at radius 1 is 1.17 bits per heavy atom. The molecule has 1 aliphatic heterocycles. The fourth-order valence-electron chi connectivity index (χ4n) is 2.94. The van der Waals surface area contributed by atoms with Crippen LogP contribution in [0.5, 0.6) is 5.75 Å². The minimum absolute atomic E-state index is 0.231. The SMILES string of the molecule is COc1cccc([C@]2(C)NC(=O)N(NC(=O)CNC(=O)c3ccccc3F)C2=O)c1. The van der Waals surface area contributed by atoms with Gasteiger partial charge in [-0.3, -0.25) is 19.8 Å². The van der Waals surface area contributed by atoms with Crippen molar-refractivity contribution in [1.82, 2.24) is 21.1 Å². The summed E-state index contributed by atoms with van der Waals surface area (Å²) in [7, 11) is 1.47. The maximum absolute atomic E-state index is 13.6. The number of methoxy groups -OCH3 is 1. The minimum atomic E-state index is -1.42. The normalized spacial score (nSPS) is 18.0. The van der Waals surface area contributed by atoms with Crippen LogP contribution in [0.4, 0.5) is 9.18 Å². The number of ether oxygens (including phenoxy) is 1. The van der Waals surface area contributed by atoms with Crippen LogP contribution < -0.4 is 20.8 Å². The molecule has 0 bridgehead atoms. The van der Waals surface area contributed by atoms with Gasteiger partial charge in [-0.25, -0.2) is 9.18 Å². The standard InChI is InChI=1S/C20H19FN4O5/c1-20(12-6-5-7-13(10-12)30-2)18(28)25(19(29)23-20)24-16(26)11-22-17(27)14-8-3-4-9-15(14)21/h3-10H,11H2,1-2H3,(H,22,27)(H,23,29)(H,24,26)/t20-/m0/s1. The van der Waals surface area contributed by atoms with Gasteiger partial charge in [0.1, 0.15) is 17.1 Å². The molecule has 0 aromatic heterocycles. The smallest absolute Gasteiger partial charge is 0.344 e. The quantitative estimate of drug-likeness (QED) is 0.611. The first-order valence-electron chi connectivity index (χ1n) is 8.89. The van der Waals surface area contributed by atoms with Crippen LogP contribution >= 0.6 is 0 Å². The van der Waals surface area contributed by atoms with Gasteiger partial charge in [0.2, 0.25) is 0 Å². The lowest BCUT2D eigenvalue weighted by Crippen LogP contribution is -2.50. The summed E-state index contributed by atoms with van der Waals surface area (Å²) in [6.07, 6.45) is 0. The van der Waals surface area contributed by atoms with Crippen LogP contribution in [-0.4, -0.2) is 42.4 Å². The van der Waals surface area contributed by atoms with Gasteiger partial charge in [0, 0.05) is 0 Å². The molecule has 5 amide bonds. The van der Waals surface area contributed by atoms with E-state index in [9.17, 15) is 23.6 Å². The molecule has 1 aliphatic rings. The number of nitrogens with zero attached hydrogens (tertiary/aromatic N) is 1. The molecule has 0 spiro atoms. The maximum Gasteiger partial charge on any atom is 0.344 e. The highest BCUT2D eigenvalue weighted by molar-refractivity contribution is 6.08. The zero-order valence-corrected chi connectivity index (χ0v) is 16.2. The van der Waals surface area contributed by atoms with E-state index in [-0.39, 0.29) is 5.56 Å². The molecule has 1 saturated heterocycles. The second kappa shape index (κ2) is 8.19. The van der Waals surface area contributed by atoms with E-state index in [4.69, 9.17) is 4.74 Å². The maximum atomic E-state index is 13.6. The van der Waals surface area contributed by atoms with Crippen molar-refractivity contribution in [3.63, 3.8) is 0 Å². The fraction of sp³-hybridized carbons (Fsp3) is 0.200. The molecule has 0 unspecified atom stereocenters. The van der Waals surface area contributed by atoms with Crippen molar-refractivity contribution in [2.75, 3.05) is 13.7 Å². The zero-order chi connectivity index (χ0) is 21.9. The number of amides is 5. The summed E-state index contributed by atoms with van der Waals surface area (Å²) >= 11 is 0. The Morgan fingerprint density at radius 2 is 1.90 bits per heavy atom. The first kappa shape index (κ1) is 20.8. The van der Waals surface area contributed by atoms with Crippen LogP contribution in [0.3, 0.4) is 0 Å². The molecular weight excluding hydrogens is 395 g/mol. The largest absolute Gasteiger partial charge is 0.497 e. The molecular formula is C20H19FN4O5. The second-order valence-electron chi connectivity index (χ2n) is 6.63. The van der Waals surface area contributed by atoms with E-state index in [1.54, 1.807) is 24.3 Å². The summed E-state index contributed by atoms with van der Waals surface area (Å²) in [6.45, 7) is 0.925. The van der Waals surface area contributed by atoms with Gasteiger partial charge in [-0.1, -0.05) is 24.3 Å². The van der Waals surface area contributed by atoms with E-state index in [1.165, 1.54) is 32.2 Å². The van der Waals surface area contributed by atoms with Crippen molar-refractivity contribution in [3.05, 3.63) is 65.5 Å². The summed E-state index contributed by atoms with van der Waals surface area (Å²) in [6, 6.07) is 11.0. The number of hydrogen-bond donors (Lipinski definition) is 3. The Kier molecular flexibility index (Phi) is 5.67. The molecule has 0 saturated carbocycles. The highest BCUT2D eigenvalue weighted by Gasteiger charge is 2.50. The number of nitrogens with one attached hydrogen (secondary N) is 3. The lowest BCUT2D eigenvalue weighted by molar-refractivity contribution is -0.138. The zero-order valence-electron chi connectivity index (χ0n) is 16.2. The summed E-state index contributed by atoms with van der Waals surface area (Å²) in [5, 5.41) is 5.30. The van der Waals surface area contributed by atoms with Crippen LogP contribution in [0, 0.1) is 5.82 Å². The fourth-order valence-corrected chi connectivity index (χ4v) is 2.94. The molecule has 0 aliphatic carbocycles. The summed E-state index contributed by atoms with van der Waals surface area (Å²) in [5.41, 5.74) is 0.957. The monoisotopic (exact) mass is 414 g/mol. The topological polar surface area (TPSA) is 117 Å². The van der Waals surface area contributed by atoms with Gasteiger partial charge in [-0.05, 0) is 36.8 Å². The molecule has 156 valence electrons. The summed E-state index contributed by atoms with van der Waals surface area (Å²) in [4.78, 5) is 49.2. The minimum Gasteiger partial charge on any atom is -0.497 e. The first-order chi connectivity index (χ1) is 14.3. The molecule has 9 nitrogen and oxygen atoms in total. The van der Waals surface area contributed by atoms with Crippen molar-refractivity contribution in [1.29, 1.82) is 0 Å². The highest BCUT2D eigenvalue weighted by atomic mass is 19.1. The van der Waals surface area contributed by atoms with E-state index in [2.05, 4.69) is 16.1 Å². The average molecular weight is 414 g/mol.